The summed E-state index contributed by atoms with van der Waals surface area (Å²) in [5.74, 6) is -0.825. The number of aliphatic carboxylic acids is 1. The number of hydrogen-bond donors (Lipinski definition) is 2. The molecule has 2 N–H and O–H groups in total. The van der Waals surface area contributed by atoms with Crippen LogP contribution in [0.15, 0.2) is 24.3 Å². The van der Waals surface area contributed by atoms with Gasteiger partial charge in [0.05, 0.1) is 0 Å². The van der Waals surface area contributed by atoms with E-state index in [9.17, 15) is 9.90 Å². The Morgan fingerprint density at radius 2 is 2.00 bits per heavy atom. The first-order valence-corrected chi connectivity index (χ1v) is 5.37. The molecule has 0 aliphatic rings. The summed E-state index contributed by atoms with van der Waals surface area (Å²) in [5, 5.41) is 12.2. The van der Waals surface area contributed by atoms with E-state index in [-0.39, 0.29) is 5.41 Å². The average molecular weight is 221 g/mol. The molecule has 3 heteroatoms. The second-order valence-electron chi connectivity index (χ2n) is 5.15. The first-order valence-electron chi connectivity index (χ1n) is 5.37. The fourth-order valence-corrected chi connectivity index (χ4v) is 1.55. The maximum Gasteiger partial charge on any atom is 0.326 e. The number of benzene rings is 1. The van der Waals surface area contributed by atoms with E-state index in [4.69, 9.17) is 0 Å². The molecule has 0 fully saturated rings. The number of carbonyl (C=O) groups is 1. The monoisotopic (exact) mass is 221 g/mol. The third-order valence-corrected chi connectivity index (χ3v) is 2.44. The smallest absolute Gasteiger partial charge is 0.326 e. The molecule has 0 radical (unpaired) electrons. The molecule has 1 rings (SSSR count). The first-order chi connectivity index (χ1) is 7.30. The van der Waals surface area contributed by atoms with Gasteiger partial charge in [-0.1, -0.05) is 32.9 Å². The number of rotatable bonds is 3. The molecule has 1 aromatic carbocycles. The molecule has 0 aliphatic carbocycles. The third-order valence-electron chi connectivity index (χ3n) is 2.44. The zero-order valence-corrected chi connectivity index (χ0v) is 10.2. The summed E-state index contributed by atoms with van der Waals surface area (Å²) in [4.78, 5) is 11.2. The fourth-order valence-electron chi connectivity index (χ4n) is 1.55. The number of hydrogen-bond acceptors (Lipinski definition) is 2. The highest BCUT2D eigenvalue weighted by Crippen LogP contribution is 2.23. The molecular formula is C13H19NO2. The van der Waals surface area contributed by atoms with Gasteiger partial charge in [-0.25, -0.2) is 4.79 Å². The van der Waals surface area contributed by atoms with Crippen LogP contribution in [0.4, 0.5) is 5.69 Å². The zero-order valence-electron chi connectivity index (χ0n) is 10.2. The summed E-state index contributed by atoms with van der Waals surface area (Å²) < 4.78 is 0. The molecular weight excluding hydrogens is 202 g/mol. The van der Waals surface area contributed by atoms with Gasteiger partial charge in [0.2, 0.25) is 0 Å². The molecule has 1 atom stereocenters. The van der Waals surface area contributed by atoms with Crippen molar-refractivity contribution in [1.82, 2.24) is 0 Å². The van der Waals surface area contributed by atoms with Crippen molar-refractivity contribution in [1.29, 1.82) is 0 Å². The first kappa shape index (κ1) is 12.6. The van der Waals surface area contributed by atoms with Crippen LogP contribution in [0.1, 0.15) is 26.3 Å². The number of carboxylic acids is 1. The highest BCUT2D eigenvalue weighted by Gasteiger charge is 2.30. The van der Waals surface area contributed by atoms with Gasteiger partial charge >= 0.3 is 5.97 Å². The molecule has 0 amide bonds. The van der Waals surface area contributed by atoms with Gasteiger partial charge in [-0.05, 0) is 30.0 Å². The molecule has 0 bridgehead atoms. The maximum absolute atomic E-state index is 11.2. The number of aryl methyl sites for hydroxylation is 1. The second-order valence-corrected chi connectivity index (χ2v) is 5.15. The fraction of sp³-hybridized carbons (Fsp3) is 0.462. The predicted molar refractivity (Wildman–Crippen MR) is 65.7 cm³/mol. The Morgan fingerprint density at radius 1 is 1.38 bits per heavy atom. The molecule has 1 aromatic rings. The van der Waals surface area contributed by atoms with Crippen LogP contribution >= 0.6 is 0 Å². The van der Waals surface area contributed by atoms with E-state index in [1.165, 1.54) is 0 Å². The van der Waals surface area contributed by atoms with Crippen molar-refractivity contribution >= 4 is 11.7 Å². The molecule has 0 aliphatic heterocycles. The van der Waals surface area contributed by atoms with E-state index in [0.717, 1.165) is 11.3 Å². The molecule has 0 aromatic heterocycles. The number of anilines is 1. The van der Waals surface area contributed by atoms with Gasteiger partial charge in [-0.15, -0.1) is 0 Å². The Hall–Kier alpha value is -1.51. The van der Waals surface area contributed by atoms with E-state index < -0.39 is 12.0 Å². The highest BCUT2D eigenvalue weighted by molar-refractivity contribution is 5.78. The van der Waals surface area contributed by atoms with Crippen molar-refractivity contribution in [3.63, 3.8) is 0 Å². The van der Waals surface area contributed by atoms with Gasteiger partial charge in [-0.3, -0.25) is 0 Å². The minimum atomic E-state index is -0.825. The number of carboxylic acid groups (broad SMARTS) is 1. The van der Waals surface area contributed by atoms with Crippen LogP contribution in [-0.2, 0) is 4.79 Å². The van der Waals surface area contributed by atoms with Crippen molar-refractivity contribution in [3.05, 3.63) is 29.8 Å². The Kier molecular flexibility index (Phi) is 3.58. The minimum Gasteiger partial charge on any atom is -0.480 e. The lowest BCUT2D eigenvalue weighted by Gasteiger charge is -2.28. The summed E-state index contributed by atoms with van der Waals surface area (Å²) in [6.07, 6.45) is 0. The predicted octanol–water partition coefficient (Wildman–Crippen LogP) is 2.91. The van der Waals surface area contributed by atoms with Gasteiger partial charge in [0, 0.05) is 5.69 Å². The van der Waals surface area contributed by atoms with E-state index in [1.807, 2.05) is 52.0 Å². The van der Waals surface area contributed by atoms with Gasteiger partial charge in [0.15, 0.2) is 0 Å². The van der Waals surface area contributed by atoms with Gasteiger partial charge in [0.1, 0.15) is 6.04 Å². The van der Waals surface area contributed by atoms with E-state index in [0.29, 0.717) is 0 Å². The maximum atomic E-state index is 11.2. The standard InChI is InChI=1S/C13H19NO2/c1-9-6-5-7-10(8-9)14-11(12(15)16)13(2,3)4/h5-8,11,14H,1-4H3,(H,15,16). The SMILES string of the molecule is Cc1cccc(NC(C(=O)O)C(C)(C)C)c1. The van der Waals surface area contributed by atoms with Crippen LogP contribution in [0.5, 0.6) is 0 Å². The molecule has 88 valence electrons. The highest BCUT2D eigenvalue weighted by atomic mass is 16.4. The third kappa shape index (κ3) is 3.26. The summed E-state index contributed by atoms with van der Waals surface area (Å²) in [6, 6.07) is 7.14. The van der Waals surface area contributed by atoms with Crippen molar-refractivity contribution in [3.8, 4) is 0 Å². The molecule has 1 unspecified atom stereocenters. The molecule has 0 saturated heterocycles. The Balaban J connectivity index is 2.89. The van der Waals surface area contributed by atoms with Crippen LogP contribution < -0.4 is 5.32 Å². The molecule has 0 heterocycles. The average Bonchev–Trinajstić information content (AvgIpc) is 2.12. The van der Waals surface area contributed by atoms with E-state index in [2.05, 4.69) is 5.32 Å². The van der Waals surface area contributed by atoms with Crippen LogP contribution in [-0.4, -0.2) is 17.1 Å². The zero-order chi connectivity index (χ0) is 12.3. The van der Waals surface area contributed by atoms with Crippen LogP contribution in [0.3, 0.4) is 0 Å². The Labute approximate surface area is 96.5 Å². The summed E-state index contributed by atoms with van der Waals surface area (Å²) in [5.41, 5.74) is 1.64. The molecule has 16 heavy (non-hydrogen) atoms. The van der Waals surface area contributed by atoms with Crippen LogP contribution in [0, 0.1) is 12.3 Å². The quantitative estimate of drug-likeness (QED) is 0.825. The summed E-state index contributed by atoms with van der Waals surface area (Å²) in [7, 11) is 0. The minimum absolute atomic E-state index is 0.324. The largest absolute Gasteiger partial charge is 0.480 e. The van der Waals surface area contributed by atoms with Crippen molar-refractivity contribution in [2.24, 2.45) is 5.41 Å². The second kappa shape index (κ2) is 4.56. The van der Waals surface area contributed by atoms with Gasteiger partial charge in [-0.2, -0.15) is 0 Å². The van der Waals surface area contributed by atoms with Gasteiger partial charge < -0.3 is 10.4 Å². The summed E-state index contributed by atoms with van der Waals surface area (Å²) >= 11 is 0. The molecule has 3 nitrogen and oxygen atoms in total. The summed E-state index contributed by atoms with van der Waals surface area (Å²) in [6.45, 7) is 7.72. The Morgan fingerprint density at radius 3 is 2.44 bits per heavy atom. The van der Waals surface area contributed by atoms with E-state index >= 15 is 0 Å². The van der Waals surface area contributed by atoms with Crippen molar-refractivity contribution in [2.45, 2.75) is 33.7 Å². The van der Waals surface area contributed by atoms with Gasteiger partial charge in [0.25, 0.3) is 0 Å². The molecule has 0 saturated carbocycles. The van der Waals surface area contributed by atoms with Crippen LogP contribution in [0.25, 0.3) is 0 Å². The lowest BCUT2D eigenvalue weighted by molar-refractivity contribution is -0.140. The Bertz CT molecular complexity index is 380. The number of nitrogens with one attached hydrogen (secondary N) is 1. The van der Waals surface area contributed by atoms with Crippen molar-refractivity contribution in [2.75, 3.05) is 5.32 Å². The molecule has 0 spiro atoms. The van der Waals surface area contributed by atoms with Crippen LogP contribution in [0.2, 0.25) is 0 Å². The lowest BCUT2D eigenvalue weighted by atomic mass is 9.86. The normalized spacial score (nSPS) is 13.2. The topological polar surface area (TPSA) is 49.3 Å². The lowest BCUT2D eigenvalue weighted by Crippen LogP contribution is -2.41. The van der Waals surface area contributed by atoms with E-state index in [1.54, 1.807) is 0 Å². The van der Waals surface area contributed by atoms with Crippen molar-refractivity contribution < 1.29 is 9.90 Å².